The molecule has 3 heterocycles. The summed E-state index contributed by atoms with van der Waals surface area (Å²) in [6, 6.07) is 6.69. The average Bonchev–Trinajstić information content (AvgIpc) is 2.70. The molecule has 1 atom stereocenters. The molecule has 0 radical (unpaired) electrons. The fraction of sp³-hybridized carbons (Fsp3) is 0.500. The largest absolute Gasteiger partial charge is 0.352 e. The third kappa shape index (κ3) is 3.86. The first-order valence-corrected chi connectivity index (χ1v) is 10.1. The molecule has 0 saturated carbocycles. The minimum absolute atomic E-state index is 0.123. The highest BCUT2D eigenvalue weighted by molar-refractivity contribution is 5.73. The van der Waals surface area contributed by atoms with Crippen molar-refractivity contribution in [2.24, 2.45) is 0 Å². The number of rotatable bonds is 3. The Kier molecular flexibility index (Phi) is 5.29. The monoisotopic (exact) mass is 382 g/mol. The van der Waals surface area contributed by atoms with Crippen LogP contribution in [0.2, 0.25) is 0 Å². The lowest BCUT2D eigenvalue weighted by Gasteiger charge is -2.34. The van der Waals surface area contributed by atoms with Crippen molar-refractivity contribution in [1.29, 1.82) is 0 Å². The molecule has 1 aromatic carbocycles. The van der Waals surface area contributed by atoms with E-state index >= 15 is 0 Å². The number of piperidine rings is 1. The Balaban J connectivity index is 1.62. The van der Waals surface area contributed by atoms with Gasteiger partial charge in [0.05, 0.1) is 0 Å². The summed E-state index contributed by atoms with van der Waals surface area (Å²) in [7, 11) is 0. The summed E-state index contributed by atoms with van der Waals surface area (Å²) in [6.07, 6.45) is 4.06. The van der Waals surface area contributed by atoms with Crippen molar-refractivity contribution in [3.05, 3.63) is 52.7 Å². The van der Waals surface area contributed by atoms with E-state index in [1.807, 2.05) is 17.0 Å². The lowest BCUT2D eigenvalue weighted by molar-refractivity contribution is -0.130. The zero-order chi connectivity index (χ0) is 19.7. The smallest absolute Gasteiger partial charge is 0.219 e. The summed E-state index contributed by atoms with van der Waals surface area (Å²) < 4.78 is 13.2. The molecule has 0 spiro atoms. The van der Waals surface area contributed by atoms with Crippen LogP contribution >= 0.6 is 0 Å². The van der Waals surface area contributed by atoms with E-state index < -0.39 is 0 Å². The molecular formula is C22H27FN4O. The Hall–Kier alpha value is -2.50. The average molecular weight is 382 g/mol. The number of hydrogen-bond acceptors (Lipinski definition) is 4. The molecule has 5 nitrogen and oxygen atoms in total. The SMILES string of the molecule is CC(=O)N1CCC[C@H](c2nc(C)c3c(n2)N(Cc2ccc(F)cc2)CCC3)C1. The molecule has 4 rings (SSSR count). The number of hydrogen-bond donors (Lipinski definition) is 0. The first kappa shape index (κ1) is 18.8. The van der Waals surface area contributed by atoms with Gasteiger partial charge in [0, 0.05) is 50.3 Å². The number of anilines is 1. The number of likely N-dealkylation sites (tertiary alicyclic amines) is 1. The summed E-state index contributed by atoms with van der Waals surface area (Å²) in [5, 5.41) is 0. The van der Waals surface area contributed by atoms with Crippen molar-refractivity contribution < 1.29 is 9.18 Å². The summed E-state index contributed by atoms with van der Waals surface area (Å²) in [4.78, 5) is 25.8. The van der Waals surface area contributed by atoms with Crippen molar-refractivity contribution in [3.8, 4) is 0 Å². The van der Waals surface area contributed by atoms with E-state index in [0.717, 1.165) is 61.7 Å². The summed E-state index contributed by atoms with van der Waals surface area (Å²) in [5.74, 6) is 1.97. The molecule has 6 heteroatoms. The second-order valence-electron chi connectivity index (χ2n) is 7.93. The van der Waals surface area contributed by atoms with Crippen molar-refractivity contribution in [3.63, 3.8) is 0 Å². The van der Waals surface area contributed by atoms with E-state index in [4.69, 9.17) is 9.97 Å². The topological polar surface area (TPSA) is 49.3 Å². The Bertz CT molecular complexity index is 868. The van der Waals surface area contributed by atoms with E-state index in [9.17, 15) is 9.18 Å². The lowest BCUT2D eigenvalue weighted by Crippen LogP contribution is -2.38. The van der Waals surface area contributed by atoms with Crippen molar-refractivity contribution in [2.75, 3.05) is 24.5 Å². The van der Waals surface area contributed by atoms with Gasteiger partial charge in [-0.25, -0.2) is 14.4 Å². The van der Waals surface area contributed by atoms with Crippen LogP contribution in [-0.4, -0.2) is 40.4 Å². The van der Waals surface area contributed by atoms with Crippen LogP contribution in [0, 0.1) is 12.7 Å². The molecule has 1 fully saturated rings. The van der Waals surface area contributed by atoms with E-state index in [1.54, 1.807) is 6.92 Å². The summed E-state index contributed by atoms with van der Waals surface area (Å²) in [5.41, 5.74) is 3.34. The van der Waals surface area contributed by atoms with Gasteiger partial charge in [-0.3, -0.25) is 4.79 Å². The zero-order valence-corrected chi connectivity index (χ0v) is 16.6. The van der Waals surface area contributed by atoms with Crippen molar-refractivity contribution >= 4 is 11.7 Å². The highest BCUT2D eigenvalue weighted by Gasteiger charge is 2.28. The fourth-order valence-corrected chi connectivity index (χ4v) is 4.33. The Morgan fingerprint density at radius 1 is 1.18 bits per heavy atom. The van der Waals surface area contributed by atoms with Crippen LogP contribution in [0.25, 0.3) is 0 Å². The second-order valence-corrected chi connectivity index (χ2v) is 7.93. The Morgan fingerprint density at radius 3 is 2.71 bits per heavy atom. The molecule has 2 aromatic rings. The number of aryl methyl sites for hydroxylation is 1. The zero-order valence-electron chi connectivity index (χ0n) is 16.6. The molecule has 148 valence electrons. The number of benzene rings is 1. The first-order chi connectivity index (χ1) is 13.5. The molecule has 1 amide bonds. The normalized spacial score (nSPS) is 19.5. The van der Waals surface area contributed by atoms with Crippen LogP contribution in [-0.2, 0) is 17.8 Å². The number of nitrogens with zero attached hydrogens (tertiary/aromatic N) is 4. The van der Waals surface area contributed by atoms with Crippen molar-refractivity contribution in [1.82, 2.24) is 14.9 Å². The molecule has 1 saturated heterocycles. The Labute approximate surface area is 165 Å². The maximum Gasteiger partial charge on any atom is 0.219 e. The van der Waals surface area contributed by atoms with Crippen LogP contribution in [0.15, 0.2) is 24.3 Å². The molecule has 28 heavy (non-hydrogen) atoms. The maximum atomic E-state index is 13.2. The molecular weight excluding hydrogens is 355 g/mol. The maximum absolute atomic E-state index is 13.2. The summed E-state index contributed by atoms with van der Waals surface area (Å²) in [6.45, 7) is 6.87. The van der Waals surface area contributed by atoms with Gasteiger partial charge in [0.15, 0.2) is 0 Å². The van der Waals surface area contributed by atoms with Gasteiger partial charge in [0.2, 0.25) is 5.91 Å². The van der Waals surface area contributed by atoms with E-state index in [1.165, 1.54) is 17.7 Å². The van der Waals surface area contributed by atoms with E-state index in [2.05, 4.69) is 11.8 Å². The third-order valence-corrected chi connectivity index (χ3v) is 5.88. The molecule has 0 bridgehead atoms. The standard InChI is InChI=1S/C22H27FN4O/c1-15-20-6-4-12-27(13-17-7-9-19(23)10-8-17)22(20)25-21(24-15)18-5-3-11-26(14-18)16(2)28/h7-10,18H,3-6,11-14H2,1-2H3/t18-/m0/s1. The molecule has 1 aromatic heterocycles. The van der Waals surface area contributed by atoms with Crippen LogP contribution < -0.4 is 4.90 Å². The van der Waals surface area contributed by atoms with Gasteiger partial charge < -0.3 is 9.80 Å². The van der Waals surface area contributed by atoms with E-state index in [0.29, 0.717) is 13.1 Å². The Morgan fingerprint density at radius 2 is 1.96 bits per heavy atom. The van der Waals surface area contributed by atoms with Crippen LogP contribution in [0.1, 0.15) is 54.7 Å². The highest BCUT2D eigenvalue weighted by Crippen LogP contribution is 2.32. The minimum atomic E-state index is -0.212. The lowest BCUT2D eigenvalue weighted by atomic mass is 9.96. The number of fused-ring (bicyclic) bond motifs is 1. The number of halogens is 1. The van der Waals surface area contributed by atoms with Gasteiger partial charge in [-0.2, -0.15) is 0 Å². The number of carbonyl (C=O) groups is 1. The van der Waals surface area contributed by atoms with Crippen LogP contribution in [0.3, 0.4) is 0 Å². The number of carbonyl (C=O) groups excluding carboxylic acids is 1. The fourth-order valence-electron chi connectivity index (χ4n) is 4.33. The first-order valence-electron chi connectivity index (χ1n) is 10.1. The highest BCUT2D eigenvalue weighted by atomic mass is 19.1. The molecule has 0 N–H and O–H groups in total. The molecule has 0 aliphatic carbocycles. The predicted octanol–water partition coefficient (Wildman–Crippen LogP) is 3.60. The predicted molar refractivity (Wildman–Crippen MR) is 107 cm³/mol. The number of amides is 1. The third-order valence-electron chi connectivity index (χ3n) is 5.88. The quantitative estimate of drug-likeness (QED) is 0.814. The van der Waals surface area contributed by atoms with Gasteiger partial charge in [-0.1, -0.05) is 12.1 Å². The van der Waals surface area contributed by atoms with Gasteiger partial charge in [-0.05, 0) is 50.3 Å². The minimum Gasteiger partial charge on any atom is -0.352 e. The van der Waals surface area contributed by atoms with Gasteiger partial charge in [-0.15, -0.1) is 0 Å². The molecule has 0 unspecified atom stereocenters. The summed E-state index contributed by atoms with van der Waals surface area (Å²) >= 11 is 0. The van der Waals surface area contributed by atoms with Crippen molar-refractivity contribution in [2.45, 2.75) is 52.0 Å². The van der Waals surface area contributed by atoms with E-state index in [-0.39, 0.29) is 17.6 Å². The van der Waals surface area contributed by atoms with Crippen LogP contribution in [0.4, 0.5) is 10.2 Å². The molecule has 2 aliphatic rings. The second kappa shape index (κ2) is 7.86. The van der Waals surface area contributed by atoms with Gasteiger partial charge in [0.25, 0.3) is 0 Å². The number of aromatic nitrogens is 2. The van der Waals surface area contributed by atoms with Gasteiger partial charge in [0.1, 0.15) is 17.5 Å². The van der Waals surface area contributed by atoms with Gasteiger partial charge >= 0.3 is 0 Å². The van der Waals surface area contributed by atoms with Crippen LogP contribution in [0.5, 0.6) is 0 Å². The molecule has 2 aliphatic heterocycles.